The number of hydrogen-bond acceptors (Lipinski definition) is 13. The molecule has 3 saturated heterocycles. The molecule has 4 aliphatic rings. The highest BCUT2D eigenvalue weighted by Crippen LogP contribution is 2.58. The predicted molar refractivity (Wildman–Crippen MR) is 206 cm³/mol. The van der Waals surface area contributed by atoms with Crippen molar-refractivity contribution in [3.8, 4) is 0 Å². The van der Waals surface area contributed by atoms with Crippen LogP contribution in [-0.2, 0) is 33.3 Å². The van der Waals surface area contributed by atoms with Gasteiger partial charge in [-0.15, -0.1) is 22.7 Å². The first-order chi connectivity index (χ1) is 25.1. The normalized spacial score (nSPS) is 23.5. The largest absolute Gasteiger partial charge is 0.466 e. The number of aryl methyl sites for hydroxylation is 2. The zero-order chi connectivity index (χ0) is 36.9. The monoisotopic (exact) mass is 789 g/mol. The van der Waals surface area contributed by atoms with E-state index < -0.39 is 36.0 Å². The summed E-state index contributed by atoms with van der Waals surface area (Å²) in [5, 5.41) is 0.730. The van der Waals surface area contributed by atoms with Gasteiger partial charge in [0.15, 0.2) is 0 Å². The van der Waals surface area contributed by atoms with Gasteiger partial charge in [0.1, 0.15) is 9.75 Å². The van der Waals surface area contributed by atoms with Crippen molar-refractivity contribution >= 4 is 85.1 Å². The summed E-state index contributed by atoms with van der Waals surface area (Å²) < 4.78 is 22.5. The first kappa shape index (κ1) is 39.1. The van der Waals surface area contributed by atoms with Gasteiger partial charge in [0.25, 0.3) is 0 Å². The Bertz CT molecular complexity index is 1610. The first-order valence-corrected chi connectivity index (χ1v) is 22.4. The molecule has 3 fully saturated rings. The van der Waals surface area contributed by atoms with Gasteiger partial charge in [-0.3, -0.25) is 19.3 Å². The molecule has 52 heavy (non-hydrogen) atoms. The van der Waals surface area contributed by atoms with Gasteiger partial charge in [-0.05, 0) is 101 Å². The van der Waals surface area contributed by atoms with Gasteiger partial charge >= 0.3 is 17.9 Å². The van der Waals surface area contributed by atoms with Gasteiger partial charge in [0.05, 0.1) is 43.9 Å². The van der Waals surface area contributed by atoms with Crippen LogP contribution in [0.5, 0.6) is 0 Å². The number of ether oxygens (including phenoxy) is 4. The highest BCUT2D eigenvalue weighted by atomic mass is 33.1. The highest BCUT2D eigenvalue weighted by molar-refractivity contribution is 8.77. The van der Waals surface area contributed by atoms with Crippen LogP contribution in [0.2, 0.25) is 0 Å². The minimum atomic E-state index is -0.671. The summed E-state index contributed by atoms with van der Waals surface area (Å²) in [7, 11) is 3.91. The van der Waals surface area contributed by atoms with Crippen LogP contribution >= 0.6 is 44.3 Å². The second-order valence-corrected chi connectivity index (χ2v) is 18.8. The van der Waals surface area contributed by atoms with Gasteiger partial charge in [-0.1, -0.05) is 34.4 Å². The quantitative estimate of drug-likeness (QED) is 0.0481. The average molecular weight is 790 g/mol. The Morgan fingerprint density at radius 2 is 1.37 bits per heavy atom. The molecule has 6 heterocycles. The van der Waals surface area contributed by atoms with Crippen LogP contribution in [-0.4, -0.2) is 84.2 Å². The molecule has 14 heteroatoms. The minimum absolute atomic E-state index is 0.137. The van der Waals surface area contributed by atoms with E-state index in [1.165, 1.54) is 46.2 Å². The number of hydrogen-bond donors (Lipinski definition) is 0. The van der Waals surface area contributed by atoms with Gasteiger partial charge in [0, 0.05) is 33.7 Å². The van der Waals surface area contributed by atoms with Crippen molar-refractivity contribution in [1.29, 1.82) is 0 Å². The summed E-state index contributed by atoms with van der Waals surface area (Å²) in [5.41, 5.74) is 3.16. The number of thiophene rings is 2. The molecule has 6 rings (SSSR count). The van der Waals surface area contributed by atoms with Crippen LogP contribution in [0, 0.1) is 25.7 Å². The maximum atomic E-state index is 14.0. The van der Waals surface area contributed by atoms with Crippen LogP contribution in [0.15, 0.2) is 12.1 Å². The fourth-order valence-corrected chi connectivity index (χ4v) is 12.5. The fourth-order valence-electron chi connectivity index (χ4n) is 7.65. The number of likely N-dealkylation sites (tertiary alicyclic amines) is 1. The summed E-state index contributed by atoms with van der Waals surface area (Å²) in [6.45, 7) is 8.57. The number of fused-ring (bicyclic) bond motifs is 5. The third-order valence-corrected chi connectivity index (χ3v) is 15.2. The number of carbonyl (C=O) groups excluding carboxylic acids is 5. The molecule has 10 nitrogen and oxygen atoms in total. The van der Waals surface area contributed by atoms with Crippen LogP contribution in [0.3, 0.4) is 0 Å². The van der Waals surface area contributed by atoms with E-state index in [2.05, 4.69) is 0 Å². The Morgan fingerprint density at radius 1 is 0.788 bits per heavy atom. The SMILES string of the molecule is CCOC(=O)c1cc(C2=C(c3cc(C(=O)OCC)sc3C)C3OC2C2C(=O)N(CCCCCCOC(=O)CCCCC4CCSS4)C(=O)C32)c(C)s1. The van der Waals surface area contributed by atoms with Crippen molar-refractivity contribution in [3.05, 3.63) is 42.8 Å². The van der Waals surface area contributed by atoms with E-state index in [1.54, 1.807) is 26.0 Å². The molecule has 0 radical (unpaired) electrons. The lowest BCUT2D eigenvalue weighted by molar-refractivity contribution is -0.144. The Morgan fingerprint density at radius 3 is 1.90 bits per heavy atom. The molecule has 0 spiro atoms. The summed E-state index contributed by atoms with van der Waals surface area (Å²) in [5.74, 6) is -1.53. The van der Waals surface area contributed by atoms with E-state index in [0.717, 1.165) is 69.4 Å². The van der Waals surface area contributed by atoms with Crippen molar-refractivity contribution in [2.75, 3.05) is 32.1 Å². The fraction of sp³-hybridized carbons (Fsp3) is 0.605. The second-order valence-electron chi connectivity index (χ2n) is 13.5. The molecule has 2 amide bonds. The van der Waals surface area contributed by atoms with Crippen LogP contribution in [0.4, 0.5) is 0 Å². The Balaban J connectivity index is 1.09. The molecule has 5 atom stereocenters. The summed E-state index contributed by atoms with van der Waals surface area (Å²) in [6.07, 6.45) is 6.51. The molecule has 282 valence electrons. The van der Waals surface area contributed by atoms with E-state index in [4.69, 9.17) is 18.9 Å². The van der Waals surface area contributed by atoms with Crippen molar-refractivity contribution < 1.29 is 42.9 Å². The summed E-state index contributed by atoms with van der Waals surface area (Å²) in [4.78, 5) is 69.5. The van der Waals surface area contributed by atoms with Crippen LogP contribution < -0.4 is 0 Å². The molecule has 4 aliphatic heterocycles. The third-order valence-electron chi connectivity index (χ3n) is 10.1. The lowest BCUT2D eigenvalue weighted by atomic mass is 9.73. The molecule has 5 unspecified atom stereocenters. The van der Waals surface area contributed by atoms with Crippen molar-refractivity contribution in [2.24, 2.45) is 11.8 Å². The molecule has 0 saturated carbocycles. The number of rotatable bonds is 18. The zero-order valence-electron chi connectivity index (χ0n) is 30.2. The minimum Gasteiger partial charge on any atom is -0.466 e. The van der Waals surface area contributed by atoms with Crippen molar-refractivity contribution in [3.63, 3.8) is 0 Å². The summed E-state index contributed by atoms with van der Waals surface area (Å²) in [6, 6.07) is 3.60. The number of imide groups is 1. The average Bonchev–Trinajstić information content (AvgIpc) is 3.97. The maximum absolute atomic E-state index is 14.0. The number of amides is 2. The molecule has 0 N–H and O–H groups in total. The highest BCUT2D eigenvalue weighted by Gasteiger charge is 2.65. The smallest absolute Gasteiger partial charge is 0.348 e. The maximum Gasteiger partial charge on any atom is 0.348 e. The molecule has 2 aromatic heterocycles. The van der Waals surface area contributed by atoms with E-state index in [9.17, 15) is 24.0 Å². The van der Waals surface area contributed by atoms with Crippen LogP contribution in [0.25, 0.3) is 11.1 Å². The molecule has 2 aromatic rings. The third kappa shape index (κ3) is 8.20. The number of nitrogens with zero attached hydrogens (tertiary/aromatic N) is 1. The number of unbranched alkanes of at least 4 members (excludes halogenated alkanes) is 4. The molecular formula is C38H47NO9S4. The second kappa shape index (κ2) is 17.7. The lowest BCUT2D eigenvalue weighted by Crippen LogP contribution is -2.35. The Hall–Kier alpha value is -2.65. The standard InChI is InChI=1S/C38H47NO9S4/c1-5-45-37(43)26-19-24(21(3)50-26)29-30(25-20-27(51-22(25)4)38(44)46-6-2)34-32-31(33(29)48-34)35(41)39(36(32)42)16-11-7-8-12-17-47-28(40)14-10-9-13-23-15-18-49-52-23/h19-20,23,31-34H,5-18H2,1-4H3. The van der Waals surface area contributed by atoms with Gasteiger partial charge < -0.3 is 18.9 Å². The van der Waals surface area contributed by atoms with Crippen molar-refractivity contribution in [2.45, 2.75) is 103 Å². The number of esters is 3. The molecule has 2 bridgehead atoms. The van der Waals surface area contributed by atoms with Gasteiger partial charge in [-0.25, -0.2) is 9.59 Å². The summed E-state index contributed by atoms with van der Waals surface area (Å²) >= 11 is 2.65. The predicted octanol–water partition coefficient (Wildman–Crippen LogP) is 7.89. The van der Waals surface area contributed by atoms with Crippen molar-refractivity contribution in [1.82, 2.24) is 4.90 Å². The van der Waals surface area contributed by atoms with Crippen LogP contribution in [0.1, 0.15) is 112 Å². The van der Waals surface area contributed by atoms with E-state index >= 15 is 0 Å². The van der Waals surface area contributed by atoms with Gasteiger partial charge in [0.2, 0.25) is 11.8 Å². The molecular weight excluding hydrogens is 743 g/mol. The van der Waals surface area contributed by atoms with E-state index in [0.29, 0.717) is 35.7 Å². The van der Waals surface area contributed by atoms with E-state index in [-0.39, 0.29) is 31.0 Å². The number of carbonyl (C=O) groups is 5. The molecule has 0 aliphatic carbocycles. The topological polar surface area (TPSA) is 126 Å². The zero-order valence-corrected chi connectivity index (χ0v) is 33.5. The van der Waals surface area contributed by atoms with E-state index in [1.807, 2.05) is 35.4 Å². The van der Waals surface area contributed by atoms with Gasteiger partial charge in [-0.2, -0.15) is 0 Å². The molecule has 0 aromatic carbocycles. The first-order valence-electron chi connectivity index (χ1n) is 18.4. The Kier molecular flexibility index (Phi) is 13.3. The Labute approximate surface area is 321 Å². The lowest BCUT2D eigenvalue weighted by Gasteiger charge is -2.24.